The van der Waals surface area contributed by atoms with Crippen LogP contribution in [0.3, 0.4) is 0 Å². The topological polar surface area (TPSA) is 131 Å². The van der Waals surface area contributed by atoms with Gasteiger partial charge >= 0.3 is 18.0 Å². The third kappa shape index (κ3) is 6.96. The van der Waals surface area contributed by atoms with Crippen LogP contribution in [0.4, 0.5) is 10.5 Å². The zero-order chi connectivity index (χ0) is 28.0. The number of Topliss-reactive ketones (excluding diaryl/α,β-unsaturated/α-hetero) is 1. The quantitative estimate of drug-likeness (QED) is 0.532. The summed E-state index contributed by atoms with van der Waals surface area (Å²) in [5, 5.41) is 5.08. The van der Waals surface area contributed by atoms with Crippen molar-refractivity contribution in [3.05, 3.63) is 65.7 Å². The van der Waals surface area contributed by atoms with Gasteiger partial charge in [-0.3, -0.25) is 14.4 Å². The van der Waals surface area contributed by atoms with Crippen molar-refractivity contribution in [1.29, 1.82) is 0 Å². The fourth-order valence-electron chi connectivity index (χ4n) is 4.53. The van der Waals surface area contributed by atoms with Crippen LogP contribution >= 0.6 is 0 Å². The Morgan fingerprint density at radius 3 is 2.29 bits per heavy atom. The van der Waals surface area contributed by atoms with Gasteiger partial charge in [0.1, 0.15) is 11.4 Å². The highest BCUT2D eigenvalue weighted by atomic mass is 16.6. The maximum Gasteiger partial charge on any atom is 0.337 e. The average molecular weight is 524 g/mol. The van der Waals surface area contributed by atoms with Crippen molar-refractivity contribution in [2.45, 2.75) is 39.3 Å². The molecule has 2 aromatic carbocycles. The van der Waals surface area contributed by atoms with Crippen LogP contribution in [0.5, 0.6) is 0 Å². The minimum atomic E-state index is -0.851. The molecule has 38 heavy (non-hydrogen) atoms. The molecular weight excluding hydrogens is 490 g/mol. The molecule has 0 radical (unpaired) electrons. The van der Waals surface area contributed by atoms with E-state index in [0.717, 1.165) is 0 Å². The molecule has 202 valence electrons. The van der Waals surface area contributed by atoms with Crippen LogP contribution in [0.25, 0.3) is 0 Å². The second-order valence-corrected chi connectivity index (χ2v) is 10.1. The fraction of sp³-hybridized carbons (Fsp3) is 0.393. The monoisotopic (exact) mass is 523 g/mol. The van der Waals surface area contributed by atoms with Crippen molar-refractivity contribution in [2.24, 2.45) is 11.8 Å². The van der Waals surface area contributed by atoms with Crippen molar-refractivity contribution in [3.8, 4) is 0 Å². The van der Waals surface area contributed by atoms with E-state index in [1.54, 1.807) is 63.2 Å². The van der Waals surface area contributed by atoms with Gasteiger partial charge in [0.25, 0.3) is 0 Å². The molecule has 0 aliphatic carbocycles. The fourth-order valence-corrected chi connectivity index (χ4v) is 4.53. The van der Waals surface area contributed by atoms with Crippen molar-refractivity contribution < 1.29 is 33.4 Å². The van der Waals surface area contributed by atoms with Crippen molar-refractivity contribution in [2.75, 3.05) is 25.5 Å². The predicted octanol–water partition coefficient (Wildman–Crippen LogP) is 3.34. The Labute approximate surface area is 221 Å². The van der Waals surface area contributed by atoms with E-state index in [1.807, 2.05) is 6.07 Å². The third-order valence-electron chi connectivity index (χ3n) is 6.08. The van der Waals surface area contributed by atoms with Crippen LogP contribution in [-0.2, 0) is 23.9 Å². The molecule has 0 aromatic heterocycles. The van der Waals surface area contributed by atoms with Gasteiger partial charge in [-0.05, 0) is 51.5 Å². The summed E-state index contributed by atoms with van der Waals surface area (Å²) in [5.41, 5.74) is 0.537. The number of benzene rings is 2. The normalized spacial score (nSPS) is 18.9. The zero-order valence-corrected chi connectivity index (χ0v) is 22.1. The number of anilines is 1. The number of ether oxygens (including phenoxy) is 2. The highest BCUT2D eigenvalue weighted by Gasteiger charge is 2.51. The van der Waals surface area contributed by atoms with Crippen LogP contribution in [0.15, 0.2) is 54.6 Å². The predicted molar refractivity (Wildman–Crippen MR) is 139 cm³/mol. The summed E-state index contributed by atoms with van der Waals surface area (Å²) in [7, 11) is 1.26. The molecule has 0 saturated carbocycles. The highest BCUT2D eigenvalue weighted by molar-refractivity contribution is 5.95. The Morgan fingerprint density at radius 1 is 1.00 bits per heavy atom. The largest absolute Gasteiger partial charge is 0.465 e. The molecule has 0 bridgehead atoms. The molecule has 1 heterocycles. The lowest BCUT2D eigenvalue weighted by molar-refractivity contribution is -0.162. The van der Waals surface area contributed by atoms with Gasteiger partial charge in [-0.25, -0.2) is 9.59 Å². The van der Waals surface area contributed by atoms with Gasteiger partial charge in [-0.1, -0.05) is 36.4 Å². The lowest BCUT2D eigenvalue weighted by Crippen LogP contribution is -2.42. The van der Waals surface area contributed by atoms with E-state index in [0.29, 0.717) is 11.3 Å². The van der Waals surface area contributed by atoms with Gasteiger partial charge in [0, 0.05) is 12.2 Å². The maximum absolute atomic E-state index is 13.3. The number of amides is 3. The third-order valence-corrected chi connectivity index (χ3v) is 6.08. The van der Waals surface area contributed by atoms with Gasteiger partial charge in [0.2, 0.25) is 5.91 Å². The Balaban J connectivity index is 1.78. The first-order valence-corrected chi connectivity index (χ1v) is 12.2. The standard InChI is InChI=1S/C28H33N3O7/c1-17(32)23-21(26(35)38-28(2,3)4)16-31(24(23)18-10-7-6-8-11-18)22(33)15-29-27(36)30-20-13-9-12-19(14-20)25(34)37-5/h6-14,21,23-24H,15-16H2,1-5H3,(H2,29,30,36). The minimum Gasteiger partial charge on any atom is -0.465 e. The number of ketones is 1. The number of nitrogens with zero attached hydrogens (tertiary/aromatic N) is 1. The Bertz CT molecular complexity index is 1210. The van der Waals surface area contributed by atoms with Crippen molar-refractivity contribution in [1.82, 2.24) is 10.2 Å². The second-order valence-electron chi connectivity index (χ2n) is 10.1. The number of hydrogen-bond donors (Lipinski definition) is 2. The molecule has 1 saturated heterocycles. The van der Waals surface area contributed by atoms with Crippen molar-refractivity contribution >= 4 is 35.3 Å². The number of hydrogen-bond acceptors (Lipinski definition) is 7. The van der Waals surface area contributed by atoms with Gasteiger partial charge in [0.15, 0.2) is 0 Å². The highest BCUT2D eigenvalue weighted by Crippen LogP contribution is 2.42. The smallest absolute Gasteiger partial charge is 0.337 e. The van der Waals surface area contributed by atoms with Crippen LogP contribution < -0.4 is 10.6 Å². The van der Waals surface area contributed by atoms with E-state index in [1.165, 1.54) is 25.0 Å². The number of rotatable bonds is 7. The number of nitrogens with one attached hydrogen (secondary N) is 2. The molecule has 0 spiro atoms. The molecule has 3 atom stereocenters. The molecule has 2 N–H and O–H groups in total. The molecule has 10 heteroatoms. The molecule has 1 aliphatic heterocycles. The first-order valence-electron chi connectivity index (χ1n) is 12.2. The Morgan fingerprint density at radius 2 is 1.68 bits per heavy atom. The van der Waals surface area contributed by atoms with Crippen molar-refractivity contribution in [3.63, 3.8) is 0 Å². The summed E-state index contributed by atoms with van der Waals surface area (Å²) < 4.78 is 10.3. The molecule has 1 aliphatic rings. The molecular formula is C28H33N3O7. The molecule has 2 aromatic rings. The van der Waals surface area contributed by atoms with Crippen LogP contribution in [0, 0.1) is 11.8 Å². The molecule has 3 amide bonds. The molecule has 3 rings (SSSR count). The summed E-state index contributed by atoms with van der Waals surface area (Å²) in [6, 6.07) is 13.8. The van der Waals surface area contributed by atoms with Crippen LogP contribution in [-0.4, -0.2) is 60.4 Å². The summed E-state index contributed by atoms with van der Waals surface area (Å²) in [5.74, 6) is -3.45. The Kier molecular flexibility index (Phi) is 8.88. The molecule has 10 nitrogen and oxygen atoms in total. The van der Waals surface area contributed by atoms with E-state index in [2.05, 4.69) is 15.4 Å². The van der Waals surface area contributed by atoms with E-state index < -0.39 is 47.4 Å². The number of methoxy groups -OCH3 is 1. The Hall–Kier alpha value is -4.21. The maximum atomic E-state index is 13.3. The van der Waals surface area contributed by atoms with E-state index in [9.17, 15) is 24.0 Å². The van der Waals surface area contributed by atoms with Gasteiger partial charge in [0.05, 0.1) is 37.1 Å². The zero-order valence-electron chi connectivity index (χ0n) is 22.1. The number of urea groups is 1. The molecule has 1 fully saturated rings. The van der Waals surface area contributed by atoms with Crippen LogP contribution in [0.2, 0.25) is 0 Å². The lowest BCUT2D eigenvalue weighted by atomic mass is 9.84. The summed E-state index contributed by atoms with van der Waals surface area (Å²) in [6.45, 7) is 6.22. The number of carbonyl (C=O) groups is 5. The lowest BCUT2D eigenvalue weighted by Gasteiger charge is -2.28. The van der Waals surface area contributed by atoms with Crippen LogP contribution in [0.1, 0.15) is 49.7 Å². The SMILES string of the molecule is COC(=O)c1cccc(NC(=O)NCC(=O)N2CC(C(=O)OC(C)(C)C)C(C(C)=O)C2c2ccccc2)c1. The second kappa shape index (κ2) is 11.9. The molecule has 3 unspecified atom stereocenters. The number of carbonyl (C=O) groups excluding carboxylic acids is 5. The number of likely N-dealkylation sites (tertiary alicyclic amines) is 1. The van der Waals surface area contributed by atoms with E-state index in [-0.39, 0.29) is 24.4 Å². The first-order chi connectivity index (χ1) is 17.9. The number of esters is 2. The summed E-state index contributed by atoms with van der Waals surface area (Å²) >= 11 is 0. The van der Waals surface area contributed by atoms with Gasteiger partial charge in [-0.15, -0.1) is 0 Å². The van der Waals surface area contributed by atoms with Gasteiger partial charge < -0.3 is 25.0 Å². The minimum absolute atomic E-state index is 0.0258. The van der Waals surface area contributed by atoms with E-state index in [4.69, 9.17) is 4.74 Å². The first kappa shape index (κ1) is 28.4. The summed E-state index contributed by atoms with van der Waals surface area (Å²) in [4.78, 5) is 64.9. The average Bonchev–Trinajstić information content (AvgIpc) is 3.28. The van der Waals surface area contributed by atoms with E-state index >= 15 is 0 Å². The summed E-state index contributed by atoms with van der Waals surface area (Å²) in [6.07, 6.45) is 0. The van der Waals surface area contributed by atoms with Gasteiger partial charge in [-0.2, -0.15) is 0 Å².